The lowest BCUT2D eigenvalue weighted by atomic mass is 9.79. The molecule has 31 heavy (non-hydrogen) atoms. The third-order valence-corrected chi connectivity index (χ3v) is 6.93. The van der Waals surface area contributed by atoms with Crippen molar-refractivity contribution in [3.63, 3.8) is 0 Å². The van der Waals surface area contributed by atoms with Crippen molar-refractivity contribution in [1.82, 2.24) is 20.2 Å². The van der Waals surface area contributed by atoms with E-state index in [-0.39, 0.29) is 5.91 Å². The summed E-state index contributed by atoms with van der Waals surface area (Å²) in [5.41, 5.74) is 3.13. The summed E-state index contributed by atoms with van der Waals surface area (Å²) in [5, 5.41) is 5.20. The molecule has 1 saturated heterocycles. The average Bonchev–Trinajstić information content (AvgIpc) is 3.46. The van der Waals surface area contributed by atoms with Gasteiger partial charge in [0.05, 0.1) is 5.41 Å². The van der Waals surface area contributed by atoms with Crippen molar-refractivity contribution < 1.29 is 4.79 Å². The van der Waals surface area contributed by atoms with E-state index < -0.39 is 5.41 Å². The third kappa shape index (κ3) is 5.02. The number of aromatic nitrogens is 2. The molecule has 0 bridgehead atoms. The van der Waals surface area contributed by atoms with Gasteiger partial charge in [-0.2, -0.15) is 0 Å². The van der Waals surface area contributed by atoms with Crippen LogP contribution in [-0.2, 0) is 24.2 Å². The Morgan fingerprint density at radius 1 is 1.16 bits per heavy atom. The first-order valence-corrected chi connectivity index (χ1v) is 11.9. The molecule has 1 amide bonds. The highest BCUT2D eigenvalue weighted by Crippen LogP contribution is 2.36. The van der Waals surface area contributed by atoms with Crippen molar-refractivity contribution in [3.8, 4) is 10.4 Å². The minimum atomic E-state index is -0.408. The molecule has 3 aromatic rings. The van der Waals surface area contributed by atoms with Gasteiger partial charge in [0.2, 0.25) is 5.91 Å². The fraction of sp³-hybridized carbons (Fsp3) is 0.400. The van der Waals surface area contributed by atoms with Gasteiger partial charge in [-0.05, 0) is 48.9 Å². The van der Waals surface area contributed by atoms with E-state index in [1.165, 1.54) is 16.0 Å². The van der Waals surface area contributed by atoms with Crippen molar-refractivity contribution in [3.05, 3.63) is 71.1 Å². The minimum Gasteiger partial charge on any atom is -0.356 e. The number of hydrogen-bond acceptors (Lipinski definition) is 5. The smallest absolute Gasteiger partial charge is 0.227 e. The number of carbonyl (C=O) groups is 1. The molecule has 0 unspecified atom stereocenters. The van der Waals surface area contributed by atoms with E-state index in [1.807, 2.05) is 19.3 Å². The topological polar surface area (TPSA) is 58.1 Å². The predicted octanol–water partition coefficient (Wildman–Crippen LogP) is 4.34. The summed E-state index contributed by atoms with van der Waals surface area (Å²) in [7, 11) is 0. The maximum absolute atomic E-state index is 13.2. The molecule has 0 aliphatic carbocycles. The Bertz CT molecular complexity index is 1000. The Morgan fingerprint density at radius 2 is 2.00 bits per heavy atom. The van der Waals surface area contributed by atoms with Crippen LogP contribution in [0.4, 0.5) is 0 Å². The summed E-state index contributed by atoms with van der Waals surface area (Å²) < 4.78 is 0. The van der Waals surface area contributed by atoms with Gasteiger partial charge in [0.1, 0.15) is 5.82 Å². The normalized spacial score (nSPS) is 18.9. The third-order valence-electron chi connectivity index (χ3n) is 6.01. The highest BCUT2D eigenvalue weighted by Gasteiger charge is 2.44. The maximum atomic E-state index is 13.2. The summed E-state index contributed by atoms with van der Waals surface area (Å²) in [6, 6.07) is 12.9. The Kier molecular flexibility index (Phi) is 6.78. The van der Waals surface area contributed by atoms with E-state index in [4.69, 9.17) is 0 Å². The number of hydrogen-bond donors (Lipinski definition) is 1. The monoisotopic (exact) mass is 434 g/mol. The van der Waals surface area contributed by atoms with Crippen molar-refractivity contribution >= 4 is 17.2 Å². The molecule has 1 aliphatic rings. The number of benzene rings is 1. The molecule has 4 rings (SSSR count). The molecule has 3 heterocycles. The molecule has 5 nitrogen and oxygen atoms in total. The number of rotatable bonds is 8. The van der Waals surface area contributed by atoms with E-state index in [2.05, 4.69) is 68.9 Å². The summed E-state index contributed by atoms with van der Waals surface area (Å²) in [5.74, 6) is 1.03. The Labute approximate surface area is 188 Å². The lowest BCUT2D eigenvalue weighted by Crippen LogP contribution is -2.44. The number of aryl methyl sites for hydroxylation is 1. The number of nitrogens with one attached hydrogen (secondary N) is 1. The number of thiophene rings is 1. The van der Waals surface area contributed by atoms with E-state index in [0.717, 1.165) is 50.3 Å². The zero-order chi connectivity index (χ0) is 21.7. The van der Waals surface area contributed by atoms with Crippen LogP contribution in [0.1, 0.15) is 37.2 Å². The predicted molar refractivity (Wildman–Crippen MR) is 126 cm³/mol. The van der Waals surface area contributed by atoms with Gasteiger partial charge in [-0.1, -0.05) is 37.3 Å². The van der Waals surface area contributed by atoms with Gasteiger partial charge in [0, 0.05) is 48.9 Å². The molecule has 1 fully saturated rings. The zero-order valence-corrected chi connectivity index (χ0v) is 19.1. The van der Waals surface area contributed by atoms with E-state index in [0.29, 0.717) is 6.54 Å². The standard InChI is InChI=1S/C25H30N4OS/c1-3-23-27-15-20(16-28-23)17-29-11-10-25(18-29,24(30)26-4-2)14-19-7-5-8-21(13-19)22-9-6-12-31-22/h5-9,12-13,15-16H,3-4,10-11,14,17-18H2,1-2H3,(H,26,30)/t25-/m0/s1. The largest absolute Gasteiger partial charge is 0.356 e. The summed E-state index contributed by atoms with van der Waals surface area (Å²) in [6.45, 7) is 7.13. The SMILES string of the molecule is CCNC(=O)[C@]1(Cc2cccc(-c3cccs3)c2)CCN(Cc2cnc(CC)nc2)C1. The molecule has 1 aliphatic heterocycles. The molecule has 0 radical (unpaired) electrons. The van der Waals surface area contributed by atoms with Crippen LogP contribution in [-0.4, -0.2) is 40.4 Å². The highest BCUT2D eigenvalue weighted by molar-refractivity contribution is 7.13. The van der Waals surface area contributed by atoms with Gasteiger partial charge in [-0.25, -0.2) is 9.97 Å². The molecule has 2 aromatic heterocycles. The first kappa shape index (κ1) is 21.7. The van der Waals surface area contributed by atoms with Crippen LogP contribution < -0.4 is 5.32 Å². The van der Waals surface area contributed by atoms with Crippen LogP contribution in [0.5, 0.6) is 0 Å². The zero-order valence-electron chi connectivity index (χ0n) is 18.3. The number of amides is 1. The van der Waals surface area contributed by atoms with Gasteiger partial charge in [0.25, 0.3) is 0 Å². The molecule has 0 saturated carbocycles. The number of carbonyl (C=O) groups excluding carboxylic acids is 1. The second kappa shape index (κ2) is 9.71. The summed E-state index contributed by atoms with van der Waals surface area (Å²) in [4.78, 5) is 25.7. The van der Waals surface area contributed by atoms with Gasteiger partial charge < -0.3 is 5.32 Å². The molecule has 1 atom stereocenters. The van der Waals surface area contributed by atoms with Gasteiger partial charge in [-0.15, -0.1) is 11.3 Å². The first-order chi connectivity index (χ1) is 15.1. The van der Waals surface area contributed by atoms with Crippen molar-refractivity contribution in [1.29, 1.82) is 0 Å². The molecule has 1 N–H and O–H groups in total. The lowest BCUT2D eigenvalue weighted by molar-refractivity contribution is -0.130. The molecule has 6 heteroatoms. The first-order valence-electron chi connectivity index (χ1n) is 11.0. The molecule has 162 valence electrons. The van der Waals surface area contributed by atoms with Crippen LogP contribution in [0.25, 0.3) is 10.4 Å². The van der Waals surface area contributed by atoms with Crippen LogP contribution in [0.2, 0.25) is 0 Å². The molecular formula is C25H30N4OS. The molecule has 1 aromatic carbocycles. The second-order valence-corrected chi connectivity index (χ2v) is 9.26. The highest BCUT2D eigenvalue weighted by atomic mass is 32.1. The average molecular weight is 435 g/mol. The van der Waals surface area contributed by atoms with Crippen LogP contribution >= 0.6 is 11.3 Å². The fourth-order valence-corrected chi connectivity index (χ4v) is 5.15. The van der Waals surface area contributed by atoms with Crippen LogP contribution in [0, 0.1) is 5.41 Å². The number of nitrogens with zero attached hydrogens (tertiary/aromatic N) is 3. The van der Waals surface area contributed by atoms with E-state index in [1.54, 1.807) is 11.3 Å². The fourth-order valence-electron chi connectivity index (χ4n) is 4.42. The Morgan fingerprint density at radius 3 is 2.71 bits per heavy atom. The second-order valence-electron chi connectivity index (χ2n) is 8.32. The quantitative estimate of drug-likeness (QED) is 0.573. The van der Waals surface area contributed by atoms with Gasteiger partial charge >= 0.3 is 0 Å². The summed E-state index contributed by atoms with van der Waals surface area (Å²) >= 11 is 1.75. The van der Waals surface area contributed by atoms with Crippen molar-refractivity contribution in [2.75, 3.05) is 19.6 Å². The maximum Gasteiger partial charge on any atom is 0.227 e. The van der Waals surface area contributed by atoms with Crippen LogP contribution in [0.15, 0.2) is 54.2 Å². The van der Waals surface area contributed by atoms with E-state index in [9.17, 15) is 4.79 Å². The molecular weight excluding hydrogens is 404 g/mol. The van der Waals surface area contributed by atoms with Crippen molar-refractivity contribution in [2.24, 2.45) is 5.41 Å². The van der Waals surface area contributed by atoms with E-state index >= 15 is 0 Å². The van der Waals surface area contributed by atoms with Gasteiger partial charge in [-0.3, -0.25) is 9.69 Å². The Balaban J connectivity index is 1.52. The summed E-state index contributed by atoms with van der Waals surface area (Å²) in [6.07, 6.45) is 6.29. The minimum absolute atomic E-state index is 0.164. The lowest BCUT2D eigenvalue weighted by Gasteiger charge is -2.28. The number of likely N-dealkylation sites (tertiary alicyclic amines) is 1. The Hall–Kier alpha value is -2.57. The van der Waals surface area contributed by atoms with Crippen LogP contribution in [0.3, 0.4) is 0 Å². The molecule has 0 spiro atoms. The van der Waals surface area contributed by atoms with Gasteiger partial charge in [0.15, 0.2) is 0 Å². The van der Waals surface area contributed by atoms with Crippen molar-refractivity contribution in [2.45, 2.75) is 39.7 Å².